The second-order valence-electron chi connectivity index (χ2n) is 3.55. The number of fused-ring (bicyclic) bond motifs is 1. The standard InChI is InChI=1S/C12H12ClNO/c1-3-8-5-4-6-9-10(7-15)12(13)14(2)11(8)9/h4-7H,3H2,1-2H3. The van der Waals surface area contributed by atoms with Gasteiger partial charge in [0, 0.05) is 12.4 Å². The normalized spacial score (nSPS) is 10.9. The van der Waals surface area contributed by atoms with Gasteiger partial charge in [-0.15, -0.1) is 0 Å². The van der Waals surface area contributed by atoms with Crippen LogP contribution in [0.2, 0.25) is 5.15 Å². The van der Waals surface area contributed by atoms with E-state index in [1.54, 1.807) is 0 Å². The molecule has 0 N–H and O–H groups in total. The molecule has 0 radical (unpaired) electrons. The molecule has 0 saturated carbocycles. The first kappa shape index (κ1) is 10.2. The van der Waals surface area contributed by atoms with Crippen LogP contribution in [0.25, 0.3) is 10.9 Å². The molecule has 2 aromatic rings. The van der Waals surface area contributed by atoms with Crippen LogP contribution in [0.15, 0.2) is 18.2 Å². The summed E-state index contributed by atoms with van der Waals surface area (Å²) in [5.74, 6) is 0. The highest BCUT2D eigenvalue weighted by Gasteiger charge is 2.14. The number of aldehydes is 1. The molecule has 0 fully saturated rings. The Hall–Kier alpha value is -1.28. The maximum absolute atomic E-state index is 11.0. The molecule has 0 spiro atoms. The van der Waals surface area contributed by atoms with Crippen molar-refractivity contribution in [1.29, 1.82) is 0 Å². The second-order valence-corrected chi connectivity index (χ2v) is 3.91. The number of halogens is 1. The molecule has 0 saturated heterocycles. The lowest BCUT2D eigenvalue weighted by Gasteiger charge is -2.03. The maximum Gasteiger partial charge on any atom is 0.153 e. The molecule has 0 atom stereocenters. The summed E-state index contributed by atoms with van der Waals surface area (Å²) < 4.78 is 1.87. The first-order valence-corrected chi connectivity index (χ1v) is 5.29. The number of hydrogen-bond donors (Lipinski definition) is 0. The van der Waals surface area contributed by atoms with Crippen LogP contribution in [0.3, 0.4) is 0 Å². The minimum absolute atomic E-state index is 0.515. The lowest BCUT2D eigenvalue weighted by atomic mass is 10.1. The Labute approximate surface area is 93.5 Å². The Morgan fingerprint density at radius 2 is 2.20 bits per heavy atom. The van der Waals surface area contributed by atoms with Gasteiger partial charge in [-0.25, -0.2) is 0 Å². The van der Waals surface area contributed by atoms with Gasteiger partial charge in [-0.05, 0) is 12.0 Å². The van der Waals surface area contributed by atoms with E-state index in [0.29, 0.717) is 10.7 Å². The van der Waals surface area contributed by atoms with Gasteiger partial charge in [0.1, 0.15) is 5.15 Å². The zero-order valence-electron chi connectivity index (χ0n) is 8.75. The largest absolute Gasteiger partial charge is 0.334 e. The highest BCUT2D eigenvalue weighted by molar-refractivity contribution is 6.34. The molecule has 78 valence electrons. The van der Waals surface area contributed by atoms with Gasteiger partial charge < -0.3 is 4.57 Å². The molecule has 0 unspecified atom stereocenters. The number of nitrogens with zero attached hydrogens (tertiary/aromatic N) is 1. The molecule has 1 aromatic heterocycles. The molecule has 2 nitrogen and oxygen atoms in total. The van der Waals surface area contributed by atoms with Crippen molar-refractivity contribution in [3.8, 4) is 0 Å². The van der Waals surface area contributed by atoms with Gasteiger partial charge in [0.15, 0.2) is 6.29 Å². The third-order valence-electron chi connectivity index (χ3n) is 2.76. The average Bonchev–Trinajstić information content (AvgIpc) is 2.51. The van der Waals surface area contributed by atoms with Crippen LogP contribution in [0.5, 0.6) is 0 Å². The zero-order chi connectivity index (χ0) is 11.0. The molecule has 1 heterocycles. The van der Waals surface area contributed by atoms with Crippen LogP contribution in [0.4, 0.5) is 0 Å². The van der Waals surface area contributed by atoms with Crippen LogP contribution in [0.1, 0.15) is 22.8 Å². The van der Waals surface area contributed by atoms with E-state index in [2.05, 4.69) is 13.0 Å². The van der Waals surface area contributed by atoms with Crippen molar-refractivity contribution in [2.75, 3.05) is 0 Å². The molecule has 0 amide bonds. The molecule has 3 heteroatoms. The third-order valence-corrected chi connectivity index (χ3v) is 3.22. The van der Waals surface area contributed by atoms with Gasteiger partial charge in [0.25, 0.3) is 0 Å². The number of benzene rings is 1. The Morgan fingerprint density at radius 1 is 1.47 bits per heavy atom. The highest BCUT2D eigenvalue weighted by atomic mass is 35.5. The predicted octanol–water partition coefficient (Wildman–Crippen LogP) is 3.21. The fraction of sp³-hybridized carbons (Fsp3) is 0.250. The Morgan fingerprint density at radius 3 is 2.80 bits per heavy atom. The Bertz CT molecular complexity index is 528. The van der Waals surface area contributed by atoms with E-state index in [4.69, 9.17) is 11.6 Å². The van der Waals surface area contributed by atoms with Gasteiger partial charge >= 0.3 is 0 Å². The quantitative estimate of drug-likeness (QED) is 0.714. The summed E-state index contributed by atoms with van der Waals surface area (Å²) in [5, 5.41) is 1.46. The summed E-state index contributed by atoms with van der Waals surface area (Å²) >= 11 is 6.10. The molecular weight excluding hydrogens is 210 g/mol. The zero-order valence-corrected chi connectivity index (χ0v) is 9.51. The van der Waals surface area contributed by atoms with Crippen molar-refractivity contribution in [3.63, 3.8) is 0 Å². The summed E-state index contributed by atoms with van der Waals surface area (Å²) in [5.41, 5.74) is 2.86. The number of aromatic nitrogens is 1. The molecule has 0 aliphatic rings. The smallest absolute Gasteiger partial charge is 0.153 e. The second kappa shape index (κ2) is 3.70. The van der Waals surface area contributed by atoms with Gasteiger partial charge in [-0.3, -0.25) is 4.79 Å². The van der Waals surface area contributed by atoms with Crippen molar-refractivity contribution >= 4 is 28.8 Å². The van der Waals surface area contributed by atoms with Crippen LogP contribution in [-0.2, 0) is 13.5 Å². The maximum atomic E-state index is 11.0. The van der Waals surface area contributed by atoms with E-state index in [1.807, 2.05) is 23.7 Å². The van der Waals surface area contributed by atoms with E-state index in [9.17, 15) is 4.79 Å². The predicted molar refractivity (Wildman–Crippen MR) is 62.7 cm³/mol. The third kappa shape index (κ3) is 1.37. The molecule has 0 aliphatic heterocycles. The Balaban J connectivity index is 2.95. The molecule has 15 heavy (non-hydrogen) atoms. The van der Waals surface area contributed by atoms with Gasteiger partial charge in [-0.2, -0.15) is 0 Å². The Kier molecular flexibility index (Phi) is 2.53. The summed E-state index contributed by atoms with van der Waals surface area (Å²) in [7, 11) is 1.89. The molecular formula is C12H12ClNO. The summed E-state index contributed by atoms with van der Waals surface area (Å²) in [4.78, 5) is 11.0. The first-order valence-electron chi connectivity index (χ1n) is 4.91. The summed E-state index contributed by atoms with van der Waals surface area (Å²) in [6.45, 7) is 2.09. The van der Waals surface area contributed by atoms with Crippen LogP contribution in [-0.4, -0.2) is 10.9 Å². The number of carbonyl (C=O) groups is 1. The summed E-state index contributed by atoms with van der Waals surface area (Å²) in [6, 6.07) is 5.96. The number of para-hydroxylation sites is 1. The number of carbonyl (C=O) groups excluding carboxylic acids is 1. The SMILES string of the molecule is CCc1cccc2c(C=O)c(Cl)n(C)c12. The van der Waals surface area contributed by atoms with Gasteiger partial charge in [-0.1, -0.05) is 36.7 Å². The van der Waals surface area contributed by atoms with E-state index < -0.39 is 0 Å². The van der Waals surface area contributed by atoms with Crippen molar-refractivity contribution < 1.29 is 4.79 Å². The highest BCUT2D eigenvalue weighted by Crippen LogP contribution is 2.30. The lowest BCUT2D eigenvalue weighted by Crippen LogP contribution is -1.91. The van der Waals surface area contributed by atoms with Gasteiger partial charge in [0.2, 0.25) is 0 Å². The average molecular weight is 222 g/mol. The number of aryl methyl sites for hydroxylation is 2. The lowest BCUT2D eigenvalue weighted by molar-refractivity contribution is 0.112. The van der Waals surface area contributed by atoms with E-state index in [1.165, 1.54) is 5.56 Å². The molecule has 2 rings (SSSR count). The number of hydrogen-bond acceptors (Lipinski definition) is 1. The minimum atomic E-state index is 0.515. The van der Waals surface area contributed by atoms with Crippen molar-refractivity contribution in [3.05, 3.63) is 34.5 Å². The molecule has 0 bridgehead atoms. The van der Waals surface area contributed by atoms with Gasteiger partial charge in [0.05, 0.1) is 11.1 Å². The monoisotopic (exact) mass is 221 g/mol. The topological polar surface area (TPSA) is 22.0 Å². The fourth-order valence-corrected chi connectivity index (χ4v) is 2.22. The molecule has 0 aliphatic carbocycles. The van der Waals surface area contributed by atoms with Crippen molar-refractivity contribution in [2.45, 2.75) is 13.3 Å². The van der Waals surface area contributed by atoms with Crippen LogP contribution < -0.4 is 0 Å². The minimum Gasteiger partial charge on any atom is -0.334 e. The molecule has 1 aromatic carbocycles. The fourth-order valence-electron chi connectivity index (χ4n) is 1.99. The first-order chi connectivity index (χ1) is 7.20. The van der Waals surface area contributed by atoms with Crippen molar-refractivity contribution in [1.82, 2.24) is 4.57 Å². The van der Waals surface area contributed by atoms with E-state index in [0.717, 1.165) is 23.6 Å². The summed E-state index contributed by atoms with van der Waals surface area (Å²) in [6.07, 6.45) is 1.76. The number of rotatable bonds is 2. The van der Waals surface area contributed by atoms with Crippen molar-refractivity contribution in [2.24, 2.45) is 7.05 Å². The van der Waals surface area contributed by atoms with E-state index in [-0.39, 0.29) is 0 Å². The van der Waals surface area contributed by atoms with Crippen LogP contribution in [0, 0.1) is 0 Å². The van der Waals surface area contributed by atoms with Crippen LogP contribution >= 0.6 is 11.6 Å². The van der Waals surface area contributed by atoms with E-state index >= 15 is 0 Å².